The third-order valence-corrected chi connectivity index (χ3v) is 7.86. The van der Waals surface area contributed by atoms with Gasteiger partial charge in [-0.25, -0.2) is 4.98 Å². The molecule has 1 aliphatic rings. The molecule has 7 nitrogen and oxygen atoms in total. The lowest BCUT2D eigenvalue weighted by atomic mass is 10.0. The van der Waals surface area contributed by atoms with Crippen molar-refractivity contribution in [3.63, 3.8) is 0 Å². The van der Waals surface area contributed by atoms with Crippen molar-refractivity contribution in [1.29, 1.82) is 0 Å². The molecule has 0 amide bonds. The van der Waals surface area contributed by atoms with Crippen LogP contribution in [0.25, 0.3) is 11.0 Å². The highest BCUT2D eigenvalue weighted by molar-refractivity contribution is 7.85. The summed E-state index contributed by atoms with van der Waals surface area (Å²) in [6.45, 7) is 5.07. The number of phenols is 1. The van der Waals surface area contributed by atoms with Crippen molar-refractivity contribution in [2.75, 3.05) is 18.6 Å². The van der Waals surface area contributed by atoms with Crippen LogP contribution in [0.1, 0.15) is 56.5 Å². The van der Waals surface area contributed by atoms with Crippen LogP contribution in [0.3, 0.4) is 0 Å². The van der Waals surface area contributed by atoms with Gasteiger partial charge in [-0.1, -0.05) is 6.92 Å². The van der Waals surface area contributed by atoms with E-state index in [0.717, 1.165) is 66.2 Å². The fourth-order valence-electron chi connectivity index (χ4n) is 4.52. The summed E-state index contributed by atoms with van der Waals surface area (Å²) < 4.78 is 16.3. The van der Waals surface area contributed by atoms with E-state index in [0.29, 0.717) is 11.8 Å². The fourth-order valence-corrected chi connectivity index (χ4v) is 5.79. The number of nitrogens with zero attached hydrogens (tertiary/aromatic N) is 4. The van der Waals surface area contributed by atoms with Crippen LogP contribution >= 0.6 is 0 Å². The van der Waals surface area contributed by atoms with E-state index in [1.807, 2.05) is 36.1 Å². The normalized spacial score (nSPS) is 21.4. The van der Waals surface area contributed by atoms with Crippen LogP contribution in [-0.4, -0.2) is 53.2 Å². The highest BCUT2D eigenvalue weighted by atomic mass is 32.2. The van der Waals surface area contributed by atoms with Crippen molar-refractivity contribution in [2.45, 2.75) is 64.1 Å². The predicted molar refractivity (Wildman–Crippen MR) is 125 cm³/mol. The van der Waals surface area contributed by atoms with Gasteiger partial charge >= 0.3 is 0 Å². The standard InChI is InChI=1S/C23H33N5O2S/c1-16(15-27-12-4-11-25-27)23-26-22-19(6-5-17(2)24-3)21(29)8-7-20(22)28(23)18-9-13-31(30)14-10-18/h4,7-8,11-12,16-18,24,29H,5-6,9-10,13-15H2,1-3H3. The number of imidazole rings is 1. The molecule has 0 spiro atoms. The molecule has 2 atom stereocenters. The van der Waals surface area contributed by atoms with Gasteiger partial charge in [0.2, 0.25) is 0 Å². The first-order valence-electron chi connectivity index (χ1n) is 11.2. The van der Waals surface area contributed by atoms with Crippen LogP contribution in [0, 0.1) is 0 Å². The Hall–Kier alpha value is -2.19. The highest BCUT2D eigenvalue weighted by Crippen LogP contribution is 2.36. The molecule has 8 heteroatoms. The molecule has 2 unspecified atom stereocenters. The third-order valence-electron chi connectivity index (χ3n) is 6.47. The van der Waals surface area contributed by atoms with Gasteiger partial charge in [-0.15, -0.1) is 0 Å². The zero-order valence-corrected chi connectivity index (χ0v) is 19.4. The molecule has 2 N–H and O–H groups in total. The number of benzene rings is 1. The average molecular weight is 444 g/mol. The topological polar surface area (TPSA) is 85.0 Å². The summed E-state index contributed by atoms with van der Waals surface area (Å²) in [5.74, 6) is 2.98. The first-order chi connectivity index (χ1) is 15.0. The van der Waals surface area contributed by atoms with Crippen molar-refractivity contribution >= 4 is 21.8 Å². The summed E-state index contributed by atoms with van der Waals surface area (Å²) in [6, 6.07) is 6.39. The van der Waals surface area contributed by atoms with Crippen LogP contribution in [0.15, 0.2) is 30.6 Å². The van der Waals surface area contributed by atoms with Crippen LogP contribution in [-0.2, 0) is 23.8 Å². The number of hydrogen-bond acceptors (Lipinski definition) is 5. The second kappa shape index (κ2) is 9.53. The third kappa shape index (κ3) is 4.70. The lowest BCUT2D eigenvalue weighted by Gasteiger charge is -2.27. The van der Waals surface area contributed by atoms with Gasteiger partial charge in [0, 0.05) is 58.3 Å². The highest BCUT2D eigenvalue weighted by Gasteiger charge is 2.27. The molecule has 0 bridgehead atoms. The van der Waals surface area contributed by atoms with Crippen molar-refractivity contribution in [3.05, 3.63) is 42.0 Å². The minimum absolute atomic E-state index is 0.158. The molecule has 3 heterocycles. The van der Waals surface area contributed by atoms with Gasteiger partial charge in [0.15, 0.2) is 0 Å². The molecule has 0 saturated carbocycles. The van der Waals surface area contributed by atoms with E-state index in [-0.39, 0.29) is 12.0 Å². The maximum Gasteiger partial charge on any atom is 0.121 e. The Balaban J connectivity index is 1.77. The summed E-state index contributed by atoms with van der Waals surface area (Å²) in [5.41, 5.74) is 2.90. The van der Waals surface area contributed by atoms with Gasteiger partial charge in [-0.3, -0.25) is 8.89 Å². The van der Waals surface area contributed by atoms with Gasteiger partial charge in [0.1, 0.15) is 11.6 Å². The SMILES string of the molecule is CNC(C)CCc1c(O)ccc2c1nc(C(C)Cn1cccn1)n2C1CCS(=O)CC1. The number of fused-ring (bicyclic) bond motifs is 1. The zero-order valence-electron chi connectivity index (χ0n) is 18.6. The predicted octanol–water partition coefficient (Wildman–Crippen LogP) is 3.37. The van der Waals surface area contributed by atoms with E-state index < -0.39 is 10.8 Å². The number of nitrogens with one attached hydrogen (secondary N) is 1. The molecule has 0 aliphatic carbocycles. The fraction of sp³-hybridized carbons (Fsp3) is 0.565. The molecule has 31 heavy (non-hydrogen) atoms. The number of aromatic hydroxyl groups is 1. The minimum Gasteiger partial charge on any atom is -0.508 e. The maximum atomic E-state index is 12.0. The average Bonchev–Trinajstić information content (AvgIpc) is 3.41. The second-order valence-electron chi connectivity index (χ2n) is 8.71. The van der Waals surface area contributed by atoms with Crippen LogP contribution in [0.4, 0.5) is 0 Å². The van der Waals surface area contributed by atoms with Gasteiger partial charge in [-0.05, 0) is 57.9 Å². The first-order valence-corrected chi connectivity index (χ1v) is 12.7. The van der Waals surface area contributed by atoms with E-state index in [1.54, 1.807) is 6.20 Å². The summed E-state index contributed by atoms with van der Waals surface area (Å²) in [7, 11) is 1.25. The molecule has 1 aromatic carbocycles. The lowest BCUT2D eigenvalue weighted by molar-refractivity contribution is 0.429. The summed E-state index contributed by atoms with van der Waals surface area (Å²) in [4.78, 5) is 5.12. The number of hydrogen-bond donors (Lipinski definition) is 2. The smallest absolute Gasteiger partial charge is 0.121 e. The Bertz CT molecular complexity index is 1040. The Morgan fingerprint density at radius 3 is 2.74 bits per heavy atom. The molecule has 1 saturated heterocycles. The number of phenolic OH excluding ortho intramolecular Hbond substituents is 1. The molecule has 168 valence electrons. The van der Waals surface area contributed by atoms with Gasteiger partial charge in [-0.2, -0.15) is 5.10 Å². The van der Waals surface area contributed by atoms with E-state index >= 15 is 0 Å². The minimum atomic E-state index is -0.712. The van der Waals surface area contributed by atoms with E-state index in [9.17, 15) is 9.32 Å². The molecule has 3 aromatic rings. The number of aryl methyl sites for hydroxylation is 1. The van der Waals surface area contributed by atoms with Crippen molar-refractivity contribution < 1.29 is 9.32 Å². The Kier molecular flexibility index (Phi) is 6.77. The Morgan fingerprint density at radius 2 is 2.06 bits per heavy atom. The number of aromatic nitrogens is 4. The van der Waals surface area contributed by atoms with Gasteiger partial charge in [0.05, 0.1) is 17.6 Å². The quantitative estimate of drug-likeness (QED) is 0.558. The molecule has 1 fully saturated rings. The van der Waals surface area contributed by atoms with E-state index in [4.69, 9.17) is 4.98 Å². The molecular formula is C23H33N5O2S. The van der Waals surface area contributed by atoms with Crippen LogP contribution in [0.2, 0.25) is 0 Å². The molecule has 1 aliphatic heterocycles. The summed E-state index contributed by atoms with van der Waals surface area (Å²) in [6.07, 6.45) is 7.26. The van der Waals surface area contributed by atoms with Crippen LogP contribution < -0.4 is 5.32 Å². The second-order valence-corrected chi connectivity index (χ2v) is 10.4. The maximum absolute atomic E-state index is 12.0. The van der Waals surface area contributed by atoms with Crippen LogP contribution in [0.5, 0.6) is 5.75 Å². The summed E-state index contributed by atoms with van der Waals surface area (Å²) in [5, 5.41) is 18.3. The molecule has 0 radical (unpaired) electrons. The first kappa shape index (κ1) is 22.0. The van der Waals surface area contributed by atoms with Gasteiger partial charge in [0.25, 0.3) is 0 Å². The molecule has 2 aromatic heterocycles. The van der Waals surface area contributed by atoms with E-state index in [2.05, 4.69) is 28.8 Å². The van der Waals surface area contributed by atoms with Crippen molar-refractivity contribution in [2.24, 2.45) is 0 Å². The molecular weight excluding hydrogens is 410 g/mol. The lowest BCUT2D eigenvalue weighted by Crippen LogP contribution is -2.24. The Morgan fingerprint density at radius 1 is 1.29 bits per heavy atom. The van der Waals surface area contributed by atoms with Gasteiger partial charge < -0.3 is 15.0 Å². The monoisotopic (exact) mass is 443 g/mol. The zero-order chi connectivity index (χ0) is 22.0. The Labute approximate surface area is 186 Å². The van der Waals surface area contributed by atoms with Crippen molar-refractivity contribution in [1.82, 2.24) is 24.6 Å². The largest absolute Gasteiger partial charge is 0.508 e. The van der Waals surface area contributed by atoms with E-state index in [1.165, 1.54) is 0 Å². The number of rotatable bonds is 8. The molecule has 4 rings (SSSR count). The van der Waals surface area contributed by atoms with Crippen molar-refractivity contribution in [3.8, 4) is 5.75 Å². The summed E-state index contributed by atoms with van der Waals surface area (Å²) >= 11 is 0.